The molecule has 2 atom stereocenters. The number of rotatable bonds is 3. The molecule has 0 saturated heterocycles. The summed E-state index contributed by atoms with van der Waals surface area (Å²) >= 11 is 3.15. The second kappa shape index (κ2) is 4.89. The first-order valence-electron chi connectivity index (χ1n) is 4.76. The van der Waals surface area contributed by atoms with Crippen LogP contribution in [-0.4, -0.2) is 0 Å². The van der Waals surface area contributed by atoms with Crippen LogP contribution >= 0.6 is 15.9 Å². The molecule has 0 heterocycles. The van der Waals surface area contributed by atoms with Gasteiger partial charge in [0.15, 0.2) is 0 Å². The summed E-state index contributed by atoms with van der Waals surface area (Å²) in [5.41, 5.74) is 7.00. The lowest BCUT2D eigenvalue weighted by Gasteiger charge is -2.18. The van der Waals surface area contributed by atoms with Crippen molar-refractivity contribution in [1.82, 2.24) is 0 Å². The summed E-state index contributed by atoms with van der Waals surface area (Å²) in [5.74, 6) is 0.164. The molecule has 1 aromatic rings. The fourth-order valence-corrected chi connectivity index (χ4v) is 1.70. The maximum atomic E-state index is 13.0. The highest BCUT2D eigenvalue weighted by atomic mass is 79.9. The molecule has 0 aliphatic heterocycles. The van der Waals surface area contributed by atoms with Gasteiger partial charge in [0.1, 0.15) is 5.82 Å². The molecule has 1 unspecified atom stereocenters. The van der Waals surface area contributed by atoms with E-state index in [2.05, 4.69) is 29.8 Å². The van der Waals surface area contributed by atoms with Gasteiger partial charge in [0.2, 0.25) is 0 Å². The van der Waals surface area contributed by atoms with E-state index in [1.807, 2.05) is 0 Å². The van der Waals surface area contributed by atoms with Crippen LogP contribution in [0.3, 0.4) is 0 Å². The second-order valence-corrected chi connectivity index (χ2v) is 4.44. The van der Waals surface area contributed by atoms with Crippen molar-refractivity contribution in [2.75, 3.05) is 0 Å². The first kappa shape index (κ1) is 11.7. The van der Waals surface area contributed by atoms with Gasteiger partial charge in [-0.3, -0.25) is 0 Å². The van der Waals surface area contributed by atoms with Crippen LogP contribution in [0.5, 0.6) is 0 Å². The fourth-order valence-electron chi connectivity index (χ4n) is 1.30. The summed E-state index contributed by atoms with van der Waals surface area (Å²) in [7, 11) is 0. The third kappa shape index (κ3) is 2.55. The van der Waals surface area contributed by atoms with Crippen molar-refractivity contribution >= 4 is 15.9 Å². The number of hydrogen-bond donors (Lipinski definition) is 1. The molecule has 0 aromatic heterocycles. The summed E-state index contributed by atoms with van der Waals surface area (Å²) < 4.78 is 13.4. The van der Waals surface area contributed by atoms with E-state index in [-0.39, 0.29) is 11.9 Å². The van der Waals surface area contributed by atoms with Gasteiger partial charge in [-0.25, -0.2) is 4.39 Å². The van der Waals surface area contributed by atoms with Crippen molar-refractivity contribution in [3.05, 3.63) is 34.1 Å². The van der Waals surface area contributed by atoms with Gasteiger partial charge in [-0.2, -0.15) is 0 Å². The molecule has 0 spiro atoms. The molecule has 3 heteroatoms. The van der Waals surface area contributed by atoms with Gasteiger partial charge in [0, 0.05) is 6.04 Å². The average Bonchev–Trinajstić information content (AvgIpc) is 2.20. The van der Waals surface area contributed by atoms with Gasteiger partial charge in [-0.1, -0.05) is 26.3 Å². The minimum Gasteiger partial charge on any atom is -0.324 e. The quantitative estimate of drug-likeness (QED) is 0.882. The molecule has 0 amide bonds. The Morgan fingerprint density at radius 1 is 1.50 bits per heavy atom. The lowest BCUT2D eigenvalue weighted by molar-refractivity contribution is 0.456. The Hall–Kier alpha value is -0.410. The standard InChI is InChI=1S/C11H15BrFN/c1-3-7(2)11(14)8-4-5-10(13)9(12)6-8/h4-7,11H,3,14H2,1-2H3/t7?,11-/m0/s1. The molecule has 0 aliphatic carbocycles. The van der Waals surface area contributed by atoms with Crippen molar-refractivity contribution in [3.63, 3.8) is 0 Å². The molecule has 0 saturated carbocycles. The molecule has 0 bridgehead atoms. The minimum atomic E-state index is -0.245. The molecule has 1 nitrogen and oxygen atoms in total. The summed E-state index contributed by atoms with van der Waals surface area (Å²) in [5, 5.41) is 0. The van der Waals surface area contributed by atoms with Crippen LogP contribution in [0.2, 0.25) is 0 Å². The highest BCUT2D eigenvalue weighted by molar-refractivity contribution is 9.10. The van der Waals surface area contributed by atoms with Crippen LogP contribution in [0.15, 0.2) is 22.7 Å². The van der Waals surface area contributed by atoms with Gasteiger partial charge in [0.25, 0.3) is 0 Å². The second-order valence-electron chi connectivity index (χ2n) is 3.58. The number of hydrogen-bond acceptors (Lipinski definition) is 1. The minimum absolute atomic E-state index is 0.0168. The van der Waals surface area contributed by atoms with E-state index < -0.39 is 0 Å². The molecular formula is C11H15BrFN. The zero-order valence-electron chi connectivity index (χ0n) is 8.43. The first-order chi connectivity index (χ1) is 6.56. The Morgan fingerprint density at radius 3 is 2.64 bits per heavy atom. The summed E-state index contributed by atoms with van der Waals surface area (Å²) in [6, 6.07) is 4.93. The predicted octanol–water partition coefficient (Wildman–Crippen LogP) is 3.63. The van der Waals surface area contributed by atoms with Crippen LogP contribution in [0.25, 0.3) is 0 Å². The zero-order valence-corrected chi connectivity index (χ0v) is 10.0. The number of nitrogens with two attached hydrogens (primary N) is 1. The van der Waals surface area contributed by atoms with Crippen LogP contribution in [-0.2, 0) is 0 Å². The zero-order chi connectivity index (χ0) is 10.7. The van der Waals surface area contributed by atoms with Gasteiger partial charge >= 0.3 is 0 Å². The maximum Gasteiger partial charge on any atom is 0.137 e. The van der Waals surface area contributed by atoms with Gasteiger partial charge in [0.05, 0.1) is 4.47 Å². The van der Waals surface area contributed by atoms with E-state index in [0.29, 0.717) is 10.4 Å². The van der Waals surface area contributed by atoms with Gasteiger partial charge < -0.3 is 5.73 Å². The van der Waals surface area contributed by atoms with E-state index in [9.17, 15) is 4.39 Å². The van der Waals surface area contributed by atoms with E-state index in [1.165, 1.54) is 6.07 Å². The lowest BCUT2D eigenvalue weighted by atomic mass is 9.93. The Labute approximate surface area is 92.6 Å². The largest absolute Gasteiger partial charge is 0.324 e. The van der Waals surface area contributed by atoms with Crippen molar-refractivity contribution in [3.8, 4) is 0 Å². The highest BCUT2D eigenvalue weighted by Crippen LogP contribution is 2.25. The van der Waals surface area contributed by atoms with Crippen molar-refractivity contribution in [2.45, 2.75) is 26.3 Å². The number of benzene rings is 1. The first-order valence-corrected chi connectivity index (χ1v) is 5.56. The molecule has 1 rings (SSSR count). The summed E-state index contributed by atoms with van der Waals surface area (Å²) in [6.45, 7) is 4.20. The van der Waals surface area contributed by atoms with E-state index in [0.717, 1.165) is 12.0 Å². The molecule has 2 N–H and O–H groups in total. The Morgan fingerprint density at radius 2 is 2.14 bits per heavy atom. The molecule has 0 aliphatic rings. The Kier molecular flexibility index (Phi) is 4.08. The van der Waals surface area contributed by atoms with Gasteiger partial charge in [-0.15, -0.1) is 0 Å². The number of halogens is 2. The van der Waals surface area contributed by atoms with Crippen LogP contribution in [0.1, 0.15) is 31.9 Å². The SMILES string of the molecule is CCC(C)[C@H](N)c1ccc(F)c(Br)c1. The molecule has 0 radical (unpaired) electrons. The van der Waals surface area contributed by atoms with Gasteiger partial charge in [-0.05, 0) is 39.5 Å². The van der Waals surface area contributed by atoms with E-state index >= 15 is 0 Å². The average molecular weight is 260 g/mol. The van der Waals surface area contributed by atoms with E-state index in [1.54, 1.807) is 12.1 Å². The Balaban J connectivity index is 2.91. The summed E-state index contributed by atoms with van der Waals surface area (Å²) in [6.07, 6.45) is 1.02. The summed E-state index contributed by atoms with van der Waals surface area (Å²) in [4.78, 5) is 0. The Bertz CT molecular complexity index is 314. The van der Waals surface area contributed by atoms with Crippen LogP contribution in [0.4, 0.5) is 4.39 Å². The predicted molar refractivity (Wildman–Crippen MR) is 60.5 cm³/mol. The van der Waals surface area contributed by atoms with Crippen molar-refractivity contribution in [1.29, 1.82) is 0 Å². The third-order valence-electron chi connectivity index (χ3n) is 2.59. The fraction of sp³-hybridized carbons (Fsp3) is 0.455. The topological polar surface area (TPSA) is 26.0 Å². The molecule has 0 fully saturated rings. The smallest absolute Gasteiger partial charge is 0.137 e. The molecule has 78 valence electrons. The lowest BCUT2D eigenvalue weighted by Crippen LogP contribution is -2.18. The van der Waals surface area contributed by atoms with Crippen LogP contribution < -0.4 is 5.73 Å². The molecule has 14 heavy (non-hydrogen) atoms. The normalized spacial score (nSPS) is 15.2. The van der Waals surface area contributed by atoms with Crippen molar-refractivity contribution < 1.29 is 4.39 Å². The maximum absolute atomic E-state index is 13.0. The monoisotopic (exact) mass is 259 g/mol. The van der Waals surface area contributed by atoms with Crippen molar-refractivity contribution in [2.24, 2.45) is 11.7 Å². The molecular weight excluding hydrogens is 245 g/mol. The van der Waals surface area contributed by atoms with Crippen LogP contribution in [0, 0.1) is 11.7 Å². The van der Waals surface area contributed by atoms with E-state index in [4.69, 9.17) is 5.73 Å². The highest BCUT2D eigenvalue weighted by Gasteiger charge is 2.14. The third-order valence-corrected chi connectivity index (χ3v) is 3.19. The molecule has 1 aromatic carbocycles.